The fourth-order valence-corrected chi connectivity index (χ4v) is 4.27. The third-order valence-corrected chi connectivity index (χ3v) is 6.78. The van der Waals surface area contributed by atoms with Crippen LogP contribution in [0.15, 0.2) is 10.6 Å². The van der Waals surface area contributed by atoms with Gasteiger partial charge in [-0.15, -0.1) is 11.6 Å². The average Bonchev–Trinajstić information content (AvgIpc) is 3.26. The van der Waals surface area contributed by atoms with Crippen molar-refractivity contribution in [3.05, 3.63) is 17.5 Å². The second kappa shape index (κ2) is 8.47. The van der Waals surface area contributed by atoms with Gasteiger partial charge in [0.1, 0.15) is 22.7 Å². The summed E-state index contributed by atoms with van der Waals surface area (Å²) in [6, 6.07) is 1.24. The minimum atomic E-state index is -4.01. The fraction of sp³-hybridized carbons (Fsp3) is 0.667. The summed E-state index contributed by atoms with van der Waals surface area (Å²) in [5.74, 6) is -2.74. The highest BCUT2D eigenvalue weighted by molar-refractivity contribution is 7.92. The van der Waals surface area contributed by atoms with Gasteiger partial charge in [0, 0.05) is 12.0 Å². The molecule has 9 nitrogen and oxygen atoms in total. The van der Waals surface area contributed by atoms with Crippen molar-refractivity contribution in [1.82, 2.24) is 15.8 Å². The molecule has 0 aliphatic carbocycles. The number of hydrogen-bond donors (Lipinski definition) is 4. The minimum absolute atomic E-state index is 0.00405. The molecule has 1 fully saturated rings. The van der Waals surface area contributed by atoms with Crippen LogP contribution in [0, 0.1) is 18.3 Å². The van der Waals surface area contributed by atoms with Gasteiger partial charge in [-0.1, -0.05) is 12.1 Å². The number of aromatic nitrogens is 1. The van der Waals surface area contributed by atoms with Gasteiger partial charge in [-0.2, -0.15) is 0 Å². The second-order valence-electron chi connectivity index (χ2n) is 6.42. The first-order valence-corrected chi connectivity index (χ1v) is 10.4. The first-order valence-electron chi connectivity index (χ1n) is 8.19. The molecule has 11 heteroatoms. The van der Waals surface area contributed by atoms with E-state index in [4.69, 9.17) is 21.5 Å². The van der Waals surface area contributed by atoms with Crippen LogP contribution in [-0.2, 0) is 14.6 Å². The first-order chi connectivity index (χ1) is 12.2. The van der Waals surface area contributed by atoms with Crippen molar-refractivity contribution in [2.24, 2.45) is 5.92 Å². The van der Waals surface area contributed by atoms with E-state index in [0.29, 0.717) is 5.69 Å². The zero-order chi connectivity index (χ0) is 19.5. The SMILES string of the molecule is Cc1cc(C(C(=O)NC(=N)[C@@H]2CCCN2)C(C)C(O)S(=O)(=O)CCl)on1. The third-order valence-electron chi connectivity index (χ3n) is 4.40. The second-order valence-corrected chi connectivity index (χ2v) is 9.10. The van der Waals surface area contributed by atoms with Crippen molar-refractivity contribution in [2.75, 3.05) is 11.8 Å². The highest BCUT2D eigenvalue weighted by Gasteiger charge is 2.40. The molecule has 146 valence electrons. The van der Waals surface area contributed by atoms with E-state index in [2.05, 4.69) is 15.8 Å². The first kappa shape index (κ1) is 20.8. The summed E-state index contributed by atoms with van der Waals surface area (Å²) in [5, 5.41) is 26.8. The van der Waals surface area contributed by atoms with Gasteiger partial charge in [-0.05, 0) is 26.3 Å². The molecule has 4 N–H and O–H groups in total. The number of sulfone groups is 1. The smallest absolute Gasteiger partial charge is 0.236 e. The Balaban J connectivity index is 2.26. The molecule has 0 aromatic carbocycles. The topological polar surface area (TPSA) is 145 Å². The third kappa shape index (κ3) is 4.61. The highest BCUT2D eigenvalue weighted by Crippen LogP contribution is 2.30. The lowest BCUT2D eigenvalue weighted by atomic mass is 9.90. The number of amidine groups is 1. The van der Waals surface area contributed by atoms with Gasteiger partial charge in [0.15, 0.2) is 15.3 Å². The molecule has 1 aliphatic heterocycles. The van der Waals surface area contributed by atoms with Crippen LogP contribution in [0.25, 0.3) is 0 Å². The molecule has 26 heavy (non-hydrogen) atoms. The molecule has 2 rings (SSSR count). The summed E-state index contributed by atoms with van der Waals surface area (Å²) >= 11 is 5.41. The van der Waals surface area contributed by atoms with E-state index in [-0.39, 0.29) is 17.6 Å². The largest absolute Gasteiger partial charge is 0.377 e. The average molecular weight is 407 g/mol. The predicted molar refractivity (Wildman–Crippen MR) is 95.7 cm³/mol. The minimum Gasteiger partial charge on any atom is -0.377 e. The Morgan fingerprint density at radius 3 is 2.81 bits per heavy atom. The van der Waals surface area contributed by atoms with E-state index < -0.39 is 38.2 Å². The normalized spacial score (nSPS) is 21.2. The number of alkyl halides is 1. The highest BCUT2D eigenvalue weighted by atomic mass is 35.5. The van der Waals surface area contributed by atoms with Gasteiger partial charge in [-0.25, -0.2) is 8.42 Å². The Bertz CT molecular complexity index is 760. The summed E-state index contributed by atoms with van der Waals surface area (Å²) < 4.78 is 29.0. The zero-order valence-corrected chi connectivity index (χ0v) is 16.1. The van der Waals surface area contributed by atoms with Crippen molar-refractivity contribution < 1.29 is 22.8 Å². The molecule has 3 unspecified atom stereocenters. The molecule has 2 heterocycles. The maximum absolute atomic E-state index is 12.8. The summed E-state index contributed by atoms with van der Waals surface area (Å²) in [6.07, 6.45) is 1.63. The molecule has 0 saturated carbocycles. The van der Waals surface area contributed by atoms with Crippen LogP contribution in [0.5, 0.6) is 0 Å². The summed E-state index contributed by atoms with van der Waals surface area (Å²) in [5.41, 5.74) is -1.35. The lowest BCUT2D eigenvalue weighted by molar-refractivity contribution is -0.123. The number of aliphatic hydroxyl groups is 1. The summed E-state index contributed by atoms with van der Waals surface area (Å²) in [7, 11) is -4.01. The Hall–Kier alpha value is -1.49. The number of halogens is 1. The van der Waals surface area contributed by atoms with E-state index >= 15 is 0 Å². The number of amides is 1. The molecule has 0 bridgehead atoms. The lowest BCUT2D eigenvalue weighted by Crippen LogP contribution is -2.47. The number of aliphatic hydroxyl groups excluding tert-OH is 1. The van der Waals surface area contributed by atoms with E-state index in [1.165, 1.54) is 13.0 Å². The molecule has 0 spiro atoms. The Morgan fingerprint density at radius 2 is 2.31 bits per heavy atom. The molecule has 0 radical (unpaired) electrons. The van der Waals surface area contributed by atoms with Gasteiger partial charge in [0.2, 0.25) is 5.91 Å². The van der Waals surface area contributed by atoms with Crippen LogP contribution in [0.2, 0.25) is 0 Å². The molecule has 1 amide bonds. The van der Waals surface area contributed by atoms with Crippen LogP contribution >= 0.6 is 11.6 Å². The van der Waals surface area contributed by atoms with Crippen molar-refractivity contribution in [2.45, 2.75) is 44.1 Å². The zero-order valence-electron chi connectivity index (χ0n) is 14.5. The monoisotopic (exact) mass is 406 g/mol. The van der Waals surface area contributed by atoms with Crippen molar-refractivity contribution >= 4 is 33.2 Å². The maximum atomic E-state index is 12.8. The van der Waals surface area contributed by atoms with Crippen molar-refractivity contribution in [1.29, 1.82) is 5.41 Å². The number of carbonyl (C=O) groups excluding carboxylic acids is 1. The van der Waals surface area contributed by atoms with Crippen molar-refractivity contribution in [3.63, 3.8) is 0 Å². The molecule has 4 atom stereocenters. The number of nitrogens with zero attached hydrogens (tertiary/aromatic N) is 1. The maximum Gasteiger partial charge on any atom is 0.236 e. The standard InChI is InChI=1S/C15H23ClN4O5S/c1-8-6-11(25-20-8)12(9(2)15(22)26(23,24)7-16)14(21)19-13(17)10-4-3-5-18-10/h6,9-10,12,15,18,22H,3-5,7H2,1-2H3,(H2,17,19,21)/t9?,10-,12?,15?/m0/s1. The number of carbonyl (C=O) groups is 1. The van der Waals surface area contributed by atoms with Crippen LogP contribution in [-0.4, -0.2) is 53.7 Å². The van der Waals surface area contributed by atoms with Gasteiger partial charge in [0.25, 0.3) is 0 Å². The van der Waals surface area contributed by atoms with Crippen LogP contribution in [0.4, 0.5) is 0 Å². The van der Waals surface area contributed by atoms with Gasteiger partial charge in [0.05, 0.1) is 11.7 Å². The molecule has 1 aromatic rings. The molecular weight excluding hydrogens is 384 g/mol. The lowest BCUT2D eigenvalue weighted by Gasteiger charge is -2.25. The van der Waals surface area contributed by atoms with Gasteiger partial charge in [-0.3, -0.25) is 10.2 Å². The van der Waals surface area contributed by atoms with E-state index in [0.717, 1.165) is 19.4 Å². The van der Waals surface area contributed by atoms with E-state index in [1.54, 1.807) is 6.92 Å². The van der Waals surface area contributed by atoms with Gasteiger partial charge < -0.3 is 20.3 Å². The Morgan fingerprint density at radius 1 is 1.62 bits per heavy atom. The molecular formula is C15H23ClN4O5S. The van der Waals surface area contributed by atoms with Crippen LogP contribution in [0.1, 0.15) is 37.1 Å². The fourth-order valence-electron chi connectivity index (χ4n) is 2.94. The quantitative estimate of drug-likeness (QED) is 0.292. The van der Waals surface area contributed by atoms with E-state index in [9.17, 15) is 18.3 Å². The number of hydrogen-bond acceptors (Lipinski definition) is 8. The molecule has 1 aliphatic rings. The number of rotatable bonds is 7. The summed E-state index contributed by atoms with van der Waals surface area (Å²) in [4.78, 5) is 12.8. The predicted octanol–water partition coefficient (Wildman–Crippen LogP) is 0.478. The van der Waals surface area contributed by atoms with Gasteiger partial charge >= 0.3 is 0 Å². The number of nitrogens with one attached hydrogen (secondary N) is 3. The van der Waals surface area contributed by atoms with Crippen LogP contribution in [0.3, 0.4) is 0 Å². The van der Waals surface area contributed by atoms with Crippen molar-refractivity contribution in [3.8, 4) is 0 Å². The number of aryl methyl sites for hydroxylation is 1. The molecule has 1 aromatic heterocycles. The Labute approximate surface area is 156 Å². The van der Waals surface area contributed by atoms with Crippen LogP contribution < -0.4 is 10.6 Å². The van der Waals surface area contributed by atoms with E-state index in [1.807, 2.05) is 0 Å². The Kier molecular flexibility index (Phi) is 6.78. The summed E-state index contributed by atoms with van der Waals surface area (Å²) in [6.45, 7) is 3.83. The molecule has 1 saturated heterocycles.